The van der Waals surface area contributed by atoms with Crippen molar-refractivity contribution in [1.29, 1.82) is 5.26 Å². The summed E-state index contributed by atoms with van der Waals surface area (Å²) in [6.07, 6.45) is 4.18. The quantitative estimate of drug-likeness (QED) is 0.355. The van der Waals surface area contributed by atoms with E-state index >= 15 is 0 Å². The molecule has 0 aliphatic carbocycles. The number of carbonyl (C=O) groups is 2. The van der Waals surface area contributed by atoms with Crippen LogP contribution in [0.3, 0.4) is 0 Å². The Hall–Kier alpha value is -4.44. The first-order chi connectivity index (χ1) is 17.3. The fourth-order valence-electron chi connectivity index (χ4n) is 4.29. The van der Waals surface area contributed by atoms with Crippen molar-refractivity contribution in [2.24, 2.45) is 0 Å². The van der Waals surface area contributed by atoms with E-state index in [1.54, 1.807) is 24.8 Å². The number of para-hydroxylation sites is 1. The zero-order valence-corrected chi connectivity index (χ0v) is 21.1. The van der Waals surface area contributed by atoms with Crippen LogP contribution in [0.15, 0.2) is 71.4 Å². The number of imide groups is 1. The van der Waals surface area contributed by atoms with Gasteiger partial charge in [0, 0.05) is 28.9 Å². The third-order valence-electron chi connectivity index (χ3n) is 6.54. The lowest BCUT2D eigenvalue weighted by molar-refractivity contribution is -0.142. The predicted octanol–water partition coefficient (Wildman–Crippen LogP) is 5.25. The van der Waals surface area contributed by atoms with Gasteiger partial charge in [-0.3, -0.25) is 14.5 Å². The van der Waals surface area contributed by atoms with Gasteiger partial charge in [-0.05, 0) is 74.7 Å². The van der Waals surface area contributed by atoms with Crippen LogP contribution in [-0.2, 0) is 9.59 Å². The molecule has 2 aromatic carbocycles. The lowest BCUT2D eigenvalue weighted by Gasteiger charge is -2.31. The van der Waals surface area contributed by atoms with Crippen LogP contribution in [-0.4, -0.2) is 39.6 Å². The van der Waals surface area contributed by atoms with Crippen molar-refractivity contribution in [2.45, 2.75) is 40.2 Å². The van der Waals surface area contributed by atoms with Gasteiger partial charge in [-0.15, -0.1) is 0 Å². The average Bonchev–Trinajstić information content (AvgIpc) is 3.31. The molecule has 2 amide bonds. The maximum Gasteiger partial charge on any atom is 0.271 e. The summed E-state index contributed by atoms with van der Waals surface area (Å²) in [5.41, 5.74) is 4.71. The highest BCUT2D eigenvalue weighted by atomic mass is 16.5. The van der Waals surface area contributed by atoms with Crippen LogP contribution in [0.4, 0.5) is 0 Å². The van der Waals surface area contributed by atoms with Crippen LogP contribution in [0.5, 0.6) is 5.75 Å². The lowest BCUT2D eigenvalue weighted by atomic mass is 9.92. The Morgan fingerprint density at radius 2 is 1.83 bits per heavy atom. The van der Waals surface area contributed by atoms with Gasteiger partial charge in [0.15, 0.2) is 0 Å². The summed E-state index contributed by atoms with van der Waals surface area (Å²) in [6.45, 7) is 7.32. The fourth-order valence-corrected chi connectivity index (χ4v) is 4.29. The zero-order valence-electron chi connectivity index (χ0n) is 21.1. The zero-order chi connectivity index (χ0) is 26.0. The number of methoxy groups -OCH3 is 1. The summed E-state index contributed by atoms with van der Waals surface area (Å²) in [5.74, 6) is -0.184. The van der Waals surface area contributed by atoms with Gasteiger partial charge in [0.25, 0.3) is 11.8 Å². The van der Waals surface area contributed by atoms with Crippen molar-refractivity contribution >= 4 is 17.9 Å². The molecule has 0 bridgehead atoms. The smallest absolute Gasteiger partial charge is 0.271 e. The largest absolute Gasteiger partial charge is 0.496 e. The van der Waals surface area contributed by atoms with E-state index in [-0.39, 0.29) is 11.6 Å². The van der Waals surface area contributed by atoms with Gasteiger partial charge < -0.3 is 4.74 Å². The minimum absolute atomic E-state index is 0.0153. The minimum Gasteiger partial charge on any atom is -0.496 e. The van der Waals surface area contributed by atoms with Crippen molar-refractivity contribution in [2.75, 3.05) is 7.11 Å². The van der Waals surface area contributed by atoms with Gasteiger partial charge in [0.2, 0.25) is 0 Å². The second-order valence-electron chi connectivity index (χ2n) is 8.80. The van der Waals surface area contributed by atoms with Gasteiger partial charge in [-0.1, -0.05) is 25.1 Å². The molecule has 1 unspecified atom stereocenters. The topological polar surface area (TPSA) is 88.2 Å². The van der Waals surface area contributed by atoms with E-state index in [9.17, 15) is 14.9 Å². The van der Waals surface area contributed by atoms with Crippen molar-refractivity contribution < 1.29 is 14.3 Å². The molecule has 0 radical (unpaired) electrons. The summed E-state index contributed by atoms with van der Waals surface area (Å²) in [7, 11) is 1.63. The molecule has 1 atom stereocenters. The van der Waals surface area contributed by atoms with Crippen molar-refractivity contribution in [3.63, 3.8) is 0 Å². The van der Waals surface area contributed by atoms with Gasteiger partial charge in [-0.2, -0.15) is 10.4 Å². The average molecular weight is 481 g/mol. The van der Waals surface area contributed by atoms with Crippen LogP contribution in [0, 0.1) is 18.3 Å². The van der Waals surface area contributed by atoms with E-state index in [1.165, 1.54) is 4.90 Å². The number of aryl methyl sites for hydroxylation is 1. The monoisotopic (exact) mass is 480 g/mol. The number of rotatable bonds is 6. The van der Waals surface area contributed by atoms with E-state index < -0.39 is 11.8 Å². The van der Waals surface area contributed by atoms with Gasteiger partial charge in [-0.25, -0.2) is 4.68 Å². The van der Waals surface area contributed by atoms with Gasteiger partial charge in [0.1, 0.15) is 17.4 Å². The maximum absolute atomic E-state index is 13.5. The Bertz CT molecular complexity index is 1440. The lowest BCUT2D eigenvalue weighted by Crippen LogP contribution is -2.47. The van der Waals surface area contributed by atoms with Gasteiger partial charge in [0.05, 0.1) is 18.5 Å². The van der Waals surface area contributed by atoms with Crippen LogP contribution in [0.25, 0.3) is 23.0 Å². The molecule has 0 N–H and O–H groups in total. The molecule has 182 valence electrons. The first-order valence-corrected chi connectivity index (χ1v) is 11.8. The Labute approximate surface area is 210 Å². The van der Waals surface area contributed by atoms with Crippen molar-refractivity contribution in [3.05, 3.63) is 82.6 Å². The second kappa shape index (κ2) is 10.0. The highest BCUT2D eigenvalue weighted by molar-refractivity contribution is 6.20. The highest BCUT2D eigenvalue weighted by Gasteiger charge is 2.37. The highest BCUT2D eigenvalue weighted by Crippen LogP contribution is 2.33. The first kappa shape index (κ1) is 24.7. The number of nitriles is 1. The molecule has 0 saturated heterocycles. The Balaban J connectivity index is 1.94. The number of nitrogens with zero attached hydrogens (tertiary/aromatic N) is 4. The summed E-state index contributed by atoms with van der Waals surface area (Å²) >= 11 is 0. The Morgan fingerprint density at radius 3 is 2.44 bits per heavy atom. The summed E-state index contributed by atoms with van der Waals surface area (Å²) < 4.78 is 7.17. The molecule has 1 aliphatic rings. The first-order valence-electron chi connectivity index (χ1n) is 11.8. The molecule has 1 aliphatic heterocycles. The molecule has 1 aromatic heterocycles. The summed E-state index contributed by atoms with van der Waals surface area (Å²) in [6, 6.07) is 17.2. The Morgan fingerprint density at radius 1 is 1.11 bits per heavy atom. The minimum atomic E-state index is -0.544. The number of ether oxygens (including phenoxy) is 1. The Kier molecular flexibility index (Phi) is 6.89. The maximum atomic E-state index is 13.5. The normalized spacial score (nSPS) is 15.9. The third kappa shape index (κ3) is 4.34. The van der Waals surface area contributed by atoms with E-state index in [4.69, 9.17) is 9.84 Å². The molecule has 0 saturated carbocycles. The molecule has 36 heavy (non-hydrogen) atoms. The van der Waals surface area contributed by atoms with E-state index in [0.29, 0.717) is 28.8 Å². The number of carbonyl (C=O) groups excluding carboxylic acids is 2. The van der Waals surface area contributed by atoms with E-state index in [1.807, 2.05) is 81.6 Å². The van der Waals surface area contributed by atoms with E-state index in [2.05, 4.69) is 0 Å². The van der Waals surface area contributed by atoms with Crippen LogP contribution < -0.4 is 4.74 Å². The van der Waals surface area contributed by atoms with E-state index in [0.717, 1.165) is 22.6 Å². The van der Waals surface area contributed by atoms with Gasteiger partial charge >= 0.3 is 0 Å². The number of amides is 2. The molecular weight excluding hydrogens is 452 g/mol. The predicted molar refractivity (Wildman–Crippen MR) is 138 cm³/mol. The number of hydrogen-bond acceptors (Lipinski definition) is 5. The summed E-state index contributed by atoms with van der Waals surface area (Å²) in [5, 5.41) is 14.6. The van der Waals surface area contributed by atoms with Crippen molar-refractivity contribution in [1.82, 2.24) is 14.7 Å². The van der Waals surface area contributed by atoms with Crippen LogP contribution >= 0.6 is 0 Å². The molecule has 3 aromatic rings. The second-order valence-corrected chi connectivity index (χ2v) is 8.80. The number of hydrogen-bond donors (Lipinski definition) is 0. The summed E-state index contributed by atoms with van der Waals surface area (Å²) in [4.78, 5) is 27.6. The van der Waals surface area contributed by atoms with Crippen molar-refractivity contribution in [3.8, 4) is 28.8 Å². The molecule has 0 spiro atoms. The SMILES string of the molecule is CCC(C)N1C(=O)C(C#N)=C(C)/C(=C\c2cn(-c3ccccc3)nc2-c2ccc(OC)c(C)c2)C1=O. The third-order valence-corrected chi connectivity index (χ3v) is 6.54. The molecule has 7 nitrogen and oxygen atoms in total. The number of aromatic nitrogens is 2. The molecule has 0 fully saturated rings. The van der Waals surface area contributed by atoms with Crippen LogP contribution in [0.1, 0.15) is 38.3 Å². The molecule has 2 heterocycles. The molecular formula is C29H28N4O3. The molecule has 4 rings (SSSR count). The fraction of sp³-hybridized carbons (Fsp3) is 0.241. The molecule has 7 heteroatoms. The standard InChI is InChI=1S/C29H28N4O3/c1-6-19(3)33-28(34)24(20(4)25(16-30)29(33)35)15-22-17-32(23-10-8-7-9-11-23)31-27(22)21-12-13-26(36-5)18(2)14-21/h7-15,17,19H,6H2,1-5H3/b24-15+. The number of benzene rings is 2. The van der Waals surface area contributed by atoms with Crippen LogP contribution in [0.2, 0.25) is 0 Å².